The number of amides is 2. The molecule has 3 rings (SSSR count). The summed E-state index contributed by atoms with van der Waals surface area (Å²) in [7, 11) is 0. The van der Waals surface area contributed by atoms with Crippen LogP contribution in [0.3, 0.4) is 0 Å². The van der Waals surface area contributed by atoms with Gasteiger partial charge in [-0.05, 0) is 50.8 Å². The number of nitrogens with zero attached hydrogens (tertiary/aromatic N) is 3. The average molecular weight is 459 g/mol. The predicted molar refractivity (Wildman–Crippen MR) is 115 cm³/mol. The van der Waals surface area contributed by atoms with E-state index < -0.39 is 17.7 Å². The van der Waals surface area contributed by atoms with Gasteiger partial charge in [-0.3, -0.25) is 20.3 Å². The van der Waals surface area contributed by atoms with Gasteiger partial charge in [0.25, 0.3) is 11.5 Å². The van der Waals surface area contributed by atoms with Gasteiger partial charge in [-0.15, -0.1) is 5.10 Å². The SMILES string of the molecule is CCOC(=O)NC(=O)/C(C#N)=N/Nc1cc(C)c(Oc2n[nH]c(=O)c3c2CCC3)c(Cl)c1. The summed E-state index contributed by atoms with van der Waals surface area (Å²) in [4.78, 5) is 35.1. The highest BCUT2D eigenvalue weighted by Gasteiger charge is 2.22. The van der Waals surface area contributed by atoms with Crippen LogP contribution in [0, 0.1) is 18.3 Å². The summed E-state index contributed by atoms with van der Waals surface area (Å²) in [6, 6.07) is 4.71. The molecule has 1 heterocycles. The Labute approximate surface area is 187 Å². The fourth-order valence-corrected chi connectivity index (χ4v) is 3.44. The Morgan fingerprint density at radius 2 is 2.09 bits per heavy atom. The number of hydrogen-bond donors (Lipinski definition) is 3. The number of aromatic amines is 1. The predicted octanol–water partition coefficient (Wildman–Crippen LogP) is 2.58. The Morgan fingerprint density at radius 3 is 2.78 bits per heavy atom. The van der Waals surface area contributed by atoms with Crippen LogP contribution in [0.2, 0.25) is 5.02 Å². The third-order valence-electron chi connectivity index (χ3n) is 4.55. The van der Waals surface area contributed by atoms with Crippen molar-refractivity contribution in [1.82, 2.24) is 15.5 Å². The second-order valence-corrected chi connectivity index (χ2v) is 7.14. The number of aryl methyl sites for hydroxylation is 1. The smallest absolute Gasteiger partial charge is 0.414 e. The van der Waals surface area contributed by atoms with Crippen molar-refractivity contribution in [2.75, 3.05) is 12.0 Å². The molecule has 3 N–H and O–H groups in total. The number of H-pyrrole nitrogens is 1. The number of alkyl carbamates (subject to hydrolysis) is 1. The number of halogens is 1. The summed E-state index contributed by atoms with van der Waals surface area (Å²) in [5.74, 6) is -0.377. The first kappa shape index (κ1) is 22.8. The maximum absolute atomic E-state index is 11.9. The van der Waals surface area contributed by atoms with E-state index in [0.29, 0.717) is 41.3 Å². The van der Waals surface area contributed by atoms with Gasteiger partial charge in [-0.25, -0.2) is 9.89 Å². The van der Waals surface area contributed by atoms with E-state index in [0.717, 1.165) is 12.0 Å². The Morgan fingerprint density at radius 1 is 1.34 bits per heavy atom. The highest BCUT2D eigenvalue weighted by atomic mass is 35.5. The Hall–Kier alpha value is -3.91. The lowest BCUT2D eigenvalue weighted by Crippen LogP contribution is -2.36. The summed E-state index contributed by atoms with van der Waals surface area (Å²) < 4.78 is 10.5. The number of aromatic nitrogens is 2. The van der Waals surface area contributed by atoms with E-state index >= 15 is 0 Å². The van der Waals surface area contributed by atoms with Gasteiger partial charge < -0.3 is 9.47 Å². The molecule has 0 unspecified atom stereocenters. The van der Waals surface area contributed by atoms with E-state index in [9.17, 15) is 14.4 Å². The minimum absolute atomic E-state index is 0.0694. The molecule has 0 aliphatic heterocycles. The number of hydrazone groups is 1. The van der Waals surface area contributed by atoms with Gasteiger partial charge >= 0.3 is 6.09 Å². The third-order valence-corrected chi connectivity index (χ3v) is 4.83. The van der Waals surface area contributed by atoms with E-state index in [1.807, 2.05) is 5.32 Å². The number of anilines is 1. The molecule has 1 aromatic carbocycles. The van der Waals surface area contributed by atoms with Gasteiger partial charge in [0.15, 0.2) is 5.75 Å². The number of carbonyl (C=O) groups is 2. The molecule has 32 heavy (non-hydrogen) atoms. The van der Waals surface area contributed by atoms with Crippen LogP contribution < -0.4 is 21.0 Å². The van der Waals surface area contributed by atoms with Crippen molar-refractivity contribution >= 4 is 35.0 Å². The van der Waals surface area contributed by atoms with Crippen LogP contribution in [0.25, 0.3) is 0 Å². The molecular formula is C20H19ClN6O5. The minimum Gasteiger partial charge on any atom is -0.450 e. The number of hydrogen-bond acceptors (Lipinski definition) is 9. The first-order valence-electron chi connectivity index (χ1n) is 9.64. The lowest BCUT2D eigenvalue weighted by molar-refractivity contribution is -0.114. The zero-order valence-electron chi connectivity index (χ0n) is 17.2. The van der Waals surface area contributed by atoms with E-state index in [1.54, 1.807) is 26.0 Å². The molecule has 1 aromatic heterocycles. The maximum Gasteiger partial charge on any atom is 0.414 e. The average Bonchev–Trinajstić information content (AvgIpc) is 3.24. The summed E-state index contributed by atoms with van der Waals surface area (Å²) in [5, 5.41) is 21.4. The largest absolute Gasteiger partial charge is 0.450 e. The Balaban J connectivity index is 1.78. The number of benzene rings is 1. The maximum atomic E-state index is 11.9. The van der Waals surface area contributed by atoms with Crippen LogP contribution in [-0.4, -0.2) is 34.5 Å². The number of carbonyl (C=O) groups excluding carboxylic acids is 2. The molecule has 0 bridgehead atoms. The molecule has 0 atom stereocenters. The summed E-state index contributed by atoms with van der Waals surface area (Å²) in [5.41, 5.74) is 4.17. The van der Waals surface area contributed by atoms with Crippen molar-refractivity contribution in [2.45, 2.75) is 33.1 Å². The Kier molecular flexibility index (Phi) is 7.07. The quantitative estimate of drug-likeness (QED) is 0.440. The van der Waals surface area contributed by atoms with E-state index in [4.69, 9.17) is 21.6 Å². The topological polar surface area (TPSA) is 159 Å². The van der Waals surface area contributed by atoms with E-state index in [-0.39, 0.29) is 17.2 Å². The van der Waals surface area contributed by atoms with Gasteiger partial charge in [0.1, 0.15) is 6.07 Å². The third kappa shape index (κ3) is 5.04. The highest BCUT2D eigenvalue weighted by molar-refractivity contribution is 6.46. The van der Waals surface area contributed by atoms with Crippen molar-refractivity contribution in [3.05, 3.63) is 44.2 Å². The van der Waals surface area contributed by atoms with Crippen molar-refractivity contribution in [1.29, 1.82) is 5.26 Å². The van der Waals surface area contributed by atoms with Crippen LogP contribution in [0.15, 0.2) is 22.0 Å². The van der Waals surface area contributed by atoms with Crippen molar-refractivity contribution in [2.24, 2.45) is 5.10 Å². The van der Waals surface area contributed by atoms with Crippen LogP contribution in [0.1, 0.15) is 30.0 Å². The second kappa shape index (κ2) is 9.93. The molecule has 11 nitrogen and oxygen atoms in total. The van der Waals surface area contributed by atoms with E-state index in [2.05, 4.69) is 25.5 Å². The van der Waals surface area contributed by atoms with Crippen molar-refractivity contribution < 1.29 is 19.1 Å². The van der Waals surface area contributed by atoms with Crippen molar-refractivity contribution in [3.8, 4) is 17.7 Å². The van der Waals surface area contributed by atoms with Crippen LogP contribution in [-0.2, 0) is 22.4 Å². The zero-order valence-corrected chi connectivity index (χ0v) is 18.0. The van der Waals surface area contributed by atoms with Gasteiger partial charge in [-0.2, -0.15) is 10.4 Å². The van der Waals surface area contributed by atoms with Gasteiger partial charge in [0.2, 0.25) is 11.6 Å². The van der Waals surface area contributed by atoms with Gasteiger partial charge in [0.05, 0.1) is 17.3 Å². The number of rotatable bonds is 6. The van der Waals surface area contributed by atoms with Crippen LogP contribution in [0.4, 0.5) is 10.5 Å². The standard InChI is InChI=1S/C20H19ClN6O5/c1-3-31-20(30)23-18(29)15(9-22)25-24-11-7-10(2)16(14(21)8-11)32-19-13-6-4-5-12(13)17(28)26-27-19/h7-8,24H,3-6H2,1-2H3,(H,26,28)(H,23,29,30)/b25-15+. The molecule has 1 aliphatic carbocycles. The molecule has 0 spiro atoms. The molecule has 0 saturated carbocycles. The molecule has 2 aromatic rings. The Bertz CT molecular complexity index is 1180. The van der Waals surface area contributed by atoms with Crippen LogP contribution in [0.5, 0.6) is 11.6 Å². The molecule has 1 aliphatic rings. The fourth-order valence-electron chi connectivity index (χ4n) is 3.14. The summed E-state index contributed by atoms with van der Waals surface area (Å²) in [6.07, 6.45) is 1.22. The first-order valence-corrected chi connectivity index (χ1v) is 10.0. The molecule has 12 heteroatoms. The first-order chi connectivity index (χ1) is 15.3. The molecule has 166 valence electrons. The number of ether oxygens (including phenoxy) is 2. The highest BCUT2D eigenvalue weighted by Crippen LogP contribution is 2.37. The monoisotopic (exact) mass is 458 g/mol. The molecule has 0 fully saturated rings. The second-order valence-electron chi connectivity index (χ2n) is 6.73. The summed E-state index contributed by atoms with van der Waals surface area (Å²) >= 11 is 6.36. The van der Waals surface area contributed by atoms with Crippen LogP contribution >= 0.6 is 11.6 Å². The number of nitrogens with one attached hydrogen (secondary N) is 3. The summed E-state index contributed by atoms with van der Waals surface area (Å²) in [6.45, 7) is 3.38. The molecule has 0 saturated heterocycles. The van der Waals surface area contributed by atoms with E-state index in [1.165, 1.54) is 6.07 Å². The van der Waals surface area contributed by atoms with Gasteiger partial charge in [-0.1, -0.05) is 11.6 Å². The molecule has 0 radical (unpaired) electrons. The molecular weight excluding hydrogens is 440 g/mol. The number of fused-ring (bicyclic) bond motifs is 1. The normalized spacial score (nSPS) is 12.5. The fraction of sp³-hybridized carbons (Fsp3) is 0.300. The lowest BCUT2D eigenvalue weighted by Gasteiger charge is -2.13. The zero-order chi connectivity index (χ0) is 23.3. The van der Waals surface area contributed by atoms with Gasteiger partial charge in [0, 0.05) is 11.1 Å². The number of nitriles is 1. The lowest BCUT2D eigenvalue weighted by atomic mass is 10.2. The molecule has 2 amide bonds. The minimum atomic E-state index is -1.01. The van der Waals surface area contributed by atoms with Crippen molar-refractivity contribution in [3.63, 3.8) is 0 Å². The number of imide groups is 1.